The van der Waals surface area contributed by atoms with Crippen LogP contribution in [0.25, 0.3) is 90.9 Å². The molecule has 0 aliphatic carbocycles. The van der Waals surface area contributed by atoms with Crippen molar-refractivity contribution >= 4 is 92.7 Å². The minimum Gasteiger partial charge on any atom is -0.354 e. The van der Waals surface area contributed by atoms with Crippen molar-refractivity contribution in [1.29, 1.82) is 0 Å². The second kappa shape index (κ2) is 35.7. The van der Waals surface area contributed by atoms with Crippen LogP contribution < -0.4 is 44.2 Å². The SMILES string of the molecule is NCCCCCCCC(=O)Nc1ccc(-c2c3nc(c(-c4ccc(NC(=O)CCCCCCCN)cc4)c4ccc([nH]4)c(-c4ccc(NC(=O)CCCCCCCN)cc4)c4ccc([nH]4)c(-c4ccc(NC(=O)CCCCCCCN)cc4)c4nc2C=C4)C=C3)cc1. The molecule has 2 aliphatic heterocycles. The number of nitrogens with two attached hydrogens (primary N) is 4. The lowest BCUT2D eigenvalue weighted by Gasteiger charge is -2.10. The number of H-pyrrole nitrogens is 2. The predicted molar refractivity (Wildman–Crippen MR) is 382 cm³/mol. The quantitative estimate of drug-likeness (QED) is 0.0166. The Morgan fingerprint density at radius 1 is 0.272 bits per heavy atom. The highest BCUT2D eigenvalue weighted by Crippen LogP contribution is 2.40. The molecule has 3 aromatic heterocycles. The molecule has 0 radical (unpaired) electrons. The first-order valence-electron chi connectivity index (χ1n) is 33.7. The Kier molecular flexibility index (Phi) is 26.2. The van der Waals surface area contributed by atoms with Gasteiger partial charge in [0.1, 0.15) is 0 Å². The lowest BCUT2D eigenvalue weighted by atomic mass is 10.0. The van der Waals surface area contributed by atoms with Crippen LogP contribution >= 0.6 is 0 Å². The summed E-state index contributed by atoms with van der Waals surface area (Å²) < 4.78 is 0. The van der Waals surface area contributed by atoms with E-state index in [9.17, 15) is 19.2 Å². The fraction of sp³-hybridized carbons (Fsp3) is 0.368. The third kappa shape index (κ3) is 19.6. The smallest absolute Gasteiger partial charge is 0.224 e. The van der Waals surface area contributed by atoms with Gasteiger partial charge in [0.2, 0.25) is 23.6 Å². The second-order valence-electron chi connectivity index (χ2n) is 24.2. The number of nitrogens with zero attached hydrogens (tertiary/aromatic N) is 2. The highest BCUT2D eigenvalue weighted by Gasteiger charge is 2.21. The van der Waals surface area contributed by atoms with Gasteiger partial charge in [-0.25, -0.2) is 9.97 Å². The van der Waals surface area contributed by atoms with Gasteiger partial charge >= 0.3 is 0 Å². The molecule has 14 N–H and O–H groups in total. The van der Waals surface area contributed by atoms with Crippen LogP contribution in [0.3, 0.4) is 0 Å². The predicted octanol–water partition coefficient (Wildman–Crippen LogP) is 16.3. The van der Waals surface area contributed by atoms with Crippen LogP contribution in [0.2, 0.25) is 0 Å². The summed E-state index contributed by atoms with van der Waals surface area (Å²) in [6, 6.07) is 40.1. The number of aromatic amines is 2. The molecule has 4 aromatic carbocycles. The largest absolute Gasteiger partial charge is 0.354 e. The van der Waals surface area contributed by atoms with Gasteiger partial charge in [-0.2, -0.15) is 0 Å². The van der Waals surface area contributed by atoms with Crippen LogP contribution in [0, 0.1) is 0 Å². The number of benzene rings is 4. The normalized spacial score (nSPS) is 11.7. The number of carbonyl (C=O) groups excluding carboxylic acids is 4. The van der Waals surface area contributed by atoms with E-state index in [1.165, 1.54) is 0 Å². The molecule has 8 bridgehead atoms. The number of unbranched alkanes of at least 4 members (excludes halogenated alkanes) is 16. The van der Waals surface area contributed by atoms with Gasteiger partial charge in [0.25, 0.3) is 0 Å². The number of hydrogen-bond acceptors (Lipinski definition) is 10. The Labute approximate surface area is 542 Å². The molecule has 16 nitrogen and oxygen atoms in total. The summed E-state index contributed by atoms with van der Waals surface area (Å²) in [6.45, 7) is 2.75. The third-order valence-corrected chi connectivity index (χ3v) is 17.0. The van der Waals surface area contributed by atoms with Crippen molar-refractivity contribution < 1.29 is 19.2 Å². The Morgan fingerprint density at radius 3 is 0.761 bits per heavy atom. The van der Waals surface area contributed by atoms with Crippen molar-refractivity contribution in [3.05, 3.63) is 144 Å². The molecule has 0 fully saturated rings. The van der Waals surface area contributed by atoms with Crippen LogP contribution in [0.5, 0.6) is 0 Å². The maximum absolute atomic E-state index is 13.2. The molecule has 0 spiro atoms. The van der Waals surface area contributed by atoms with Gasteiger partial charge in [0, 0.05) is 92.8 Å². The summed E-state index contributed by atoms with van der Waals surface area (Å²) in [6.07, 6.45) is 29.7. The van der Waals surface area contributed by atoms with Gasteiger partial charge in [0.05, 0.1) is 22.8 Å². The molecule has 0 unspecified atom stereocenters. The number of aromatic nitrogens is 4. The van der Waals surface area contributed by atoms with Crippen molar-refractivity contribution in [3.8, 4) is 44.5 Å². The monoisotopic (exact) mass is 1240 g/mol. The van der Waals surface area contributed by atoms with E-state index in [0.717, 1.165) is 195 Å². The summed E-state index contributed by atoms with van der Waals surface area (Å²) in [5.74, 6) is -0.0822. The first kappa shape index (κ1) is 67.6. The van der Waals surface area contributed by atoms with Gasteiger partial charge in [-0.3, -0.25) is 19.2 Å². The zero-order valence-electron chi connectivity index (χ0n) is 53.5. The standard InChI is InChI=1S/C76H94N12O4/c77-49-17-9-1-5-13-21-69(89)81-57-33-25-53(26-34-57)73-61-41-43-63(85-61)74(54-27-35-58(36-28-54)82-70(90)22-14-6-2-10-18-50-78)65-45-47-67(87-65)76(56-31-39-60(40-32-56)84-72(92)24-16-8-4-12-20-52-80)68-48-46-66(88-68)75(64-44-42-62(73)86-64)55-29-37-59(38-30-55)83-71(91)23-15-7-3-11-19-51-79/h25-48,85-86H,1-24,49-52,77-80H2,(H,81,89)(H,82,90)(H,83,91)(H,84,92). The second-order valence-corrected chi connectivity index (χ2v) is 24.2. The van der Waals surface area contributed by atoms with Gasteiger partial charge < -0.3 is 54.2 Å². The number of rotatable bonds is 36. The molecule has 16 heteroatoms. The third-order valence-electron chi connectivity index (χ3n) is 17.0. The zero-order chi connectivity index (χ0) is 64.3. The molecule has 482 valence electrons. The van der Waals surface area contributed by atoms with Crippen molar-refractivity contribution in [2.45, 2.75) is 154 Å². The molecular weight excluding hydrogens is 1140 g/mol. The topological polar surface area (TPSA) is 278 Å². The summed E-state index contributed by atoms with van der Waals surface area (Å²) in [4.78, 5) is 71.5. The molecule has 0 atom stereocenters. The van der Waals surface area contributed by atoms with E-state index in [2.05, 4.69) is 55.5 Å². The van der Waals surface area contributed by atoms with E-state index < -0.39 is 0 Å². The molecular formula is C76H94N12O4. The maximum atomic E-state index is 13.2. The minimum atomic E-state index is -0.0238. The number of amides is 4. The minimum absolute atomic E-state index is 0.0173. The first-order chi connectivity index (χ1) is 45.1. The number of fused-ring (bicyclic) bond motifs is 8. The molecule has 7 aromatic rings. The average molecular weight is 1240 g/mol. The molecule has 92 heavy (non-hydrogen) atoms. The summed E-state index contributed by atoms with van der Waals surface area (Å²) >= 11 is 0. The summed E-state index contributed by atoms with van der Waals surface area (Å²) in [7, 11) is 0. The lowest BCUT2D eigenvalue weighted by molar-refractivity contribution is -0.117. The summed E-state index contributed by atoms with van der Waals surface area (Å²) in [5.41, 5.74) is 38.6. The van der Waals surface area contributed by atoms with Gasteiger partial charge in [0.15, 0.2) is 0 Å². The van der Waals surface area contributed by atoms with Gasteiger partial charge in [-0.05, 0) is 197 Å². The van der Waals surface area contributed by atoms with Crippen molar-refractivity contribution in [1.82, 2.24) is 19.9 Å². The molecule has 5 heterocycles. The molecule has 0 saturated carbocycles. The number of hydrogen-bond donors (Lipinski definition) is 10. The van der Waals surface area contributed by atoms with E-state index in [1.54, 1.807) is 0 Å². The Balaban J connectivity index is 1.16. The number of anilines is 4. The van der Waals surface area contributed by atoms with Crippen LogP contribution in [0.1, 0.15) is 177 Å². The summed E-state index contributed by atoms with van der Waals surface area (Å²) in [5, 5.41) is 12.5. The van der Waals surface area contributed by atoms with Crippen molar-refractivity contribution in [3.63, 3.8) is 0 Å². The highest BCUT2D eigenvalue weighted by molar-refractivity contribution is 6.02. The zero-order valence-corrected chi connectivity index (χ0v) is 53.5. The van der Waals surface area contributed by atoms with Crippen molar-refractivity contribution in [2.75, 3.05) is 47.4 Å². The lowest BCUT2D eigenvalue weighted by Crippen LogP contribution is -2.11. The van der Waals surface area contributed by atoms with E-state index in [-0.39, 0.29) is 23.6 Å². The van der Waals surface area contributed by atoms with E-state index in [0.29, 0.717) is 97.4 Å². The number of carbonyl (C=O) groups is 4. The van der Waals surface area contributed by atoms with E-state index >= 15 is 0 Å². The number of nitrogens with one attached hydrogen (secondary N) is 6. The van der Waals surface area contributed by atoms with E-state index in [1.807, 2.05) is 121 Å². The molecule has 0 saturated heterocycles. The highest BCUT2D eigenvalue weighted by atomic mass is 16.2. The Bertz CT molecular complexity index is 3620. The Morgan fingerprint density at radius 2 is 0.489 bits per heavy atom. The van der Waals surface area contributed by atoms with Gasteiger partial charge in [-0.1, -0.05) is 126 Å². The maximum Gasteiger partial charge on any atom is 0.224 e. The van der Waals surface area contributed by atoms with Gasteiger partial charge in [-0.15, -0.1) is 0 Å². The molecule has 2 aliphatic rings. The van der Waals surface area contributed by atoms with Crippen LogP contribution in [0.4, 0.5) is 22.7 Å². The van der Waals surface area contributed by atoms with E-state index in [4.69, 9.17) is 32.9 Å². The Hall–Kier alpha value is -8.80. The van der Waals surface area contributed by atoms with Crippen LogP contribution in [-0.2, 0) is 19.2 Å². The fourth-order valence-electron chi connectivity index (χ4n) is 12.0. The average Bonchev–Trinajstić information content (AvgIpc) is 1.64. The van der Waals surface area contributed by atoms with Crippen LogP contribution in [0.15, 0.2) is 121 Å². The fourth-order valence-corrected chi connectivity index (χ4v) is 12.0. The molecule has 4 amide bonds. The van der Waals surface area contributed by atoms with Crippen LogP contribution in [-0.4, -0.2) is 69.7 Å². The van der Waals surface area contributed by atoms with Crippen molar-refractivity contribution in [2.24, 2.45) is 22.9 Å². The molecule has 9 rings (SSSR count). The first-order valence-corrected chi connectivity index (χ1v) is 33.7.